The maximum absolute atomic E-state index is 13.7. The lowest BCUT2D eigenvalue weighted by atomic mass is 9.76. The van der Waals surface area contributed by atoms with Crippen molar-refractivity contribution in [3.05, 3.63) is 52.5 Å². The molecule has 2 fully saturated rings. The number of nitrogens with zero attached hydrogens (tertiary/aromatic N) is 1. The molecule has 3 aliphatic rings. The van der Waals surface area contributed by atoms with E-state index < -0.39 is 40.8 Å². The largest absolute Gasteiger partial charge is 0.504 e. The summed E-state index contributed by atoms with van der Waals surface area (Å²) in [5.74, 6) is -3.40. The Morgan fingerprint density at radius 1 is 1.03 bits per heavy atom. The average molecular weight is 470 g/mol. The highest BCUT2D eigenvalue weighted by atomic mass is 35.5. The fourth-order valence-corrected chi connectivity index (χ4v) is 5.73. The van der Waals surface area contributed by atoms with Crippen molar-refractivity contribution in [2.45, 2.75) is 44.3 Å². The molecule has 172 valence electrons. The van der Waals surface area contributed by atoms with Gasteiger partial charge in [0.05, 0.1) is 11.8 Å². The van der Waals surface area contributed by atoms with E-state index in [-0.39, 0.29) is 23.8 Å². The lowest BCUT2D eigenvalue weighted by Gasteiger charge is -2.34. The number of fused-ring (bicyclic) bond motifs is 4. The molecular weight excluding hydrogens is 446 g/mol. The Balaban J connectivity index is 1.66. The van der Waals surface area contributed by atoms with Crippen LogP contribution in [0.1, 0.15) is 31.9 Å². The van der Waals surface area contributed by atoms with Gasteiger partial charge in [-0.1, -0.05) is 17.7 Å². The predicted octanol–water partition coefficient (Wildman–Crippen LogP) is 2.51. The molecule has 2 aromatic carbocycles. The van der Waals surface area contributed by atoms with Crippen LogP contribution in [0.15, 0.2) is 36.4 Å². The molecule has 3 aliphatic heterocycles. The van der Waals surface area contributed by atoms with Crippen LogP contribution in [-0.2, 0) is 26.3 Å². The number of nitrogens with one attached hydrogen (secondary N) is 2. The molecule has 0 radical (unpaired) electrons. The molecular formula is C24H24ClN3O5. The van der Waals surface area contributed by atoms with Crippen molar-refractivity contribution in [1.29, 1.82) is 0 Å². The van der Waals surface area contributed by atoms with Crippen LogP contribution in [0.5, 0.6) is 11.5 Å². The highest BCUT2D eigenvalue weighted by Gasteiger charge is 2.71. The highest BCUT2D eigenvalue weighted by molar-refractivity contribution is 6.31. The first-order valence-corrected chi connectivity index (χ1v) is 11.1. The topological polar surface area (TPSA) is 119 Å². The number of benzene rings is 2. The van der Waals surface area contributed by atoms with E-state index >= 15 is 0 Å². The van der Waals surface area contributed by atoms with Gasteiger partial charge in [0.1, 0.15) is 5.54 Å². The van der Waals surface area contributed by atoms with Crippen LogP contribution < -0.4 is 10.6 Å². The molecule has 2 saturated heterocycles. The summed E-state index contributed by atoms with van der Waals surface area (Å²) in [4.78, 5) is 42.0. The summed E-state index contributed by atoms with van der Waals surface area (Å²) < 4.78 is 0. The first kappa shape index (κ1) is 21.7. The Hall–Kier alpha value is -3.10. The minimum absolute atomic E-state index is 0.253. The molecule has 4 atom stereocenters. The summed E-state index contributed by atoms with van der Waals surface area (Å²) in [6.07, 6.45) is 0.261. The van der Waals surface area contributed by atoms with Crippen LogP contribution in [0.4, 0.5) is 5.69 Å². The molecule has 3 amide bonds. The summed E-state index contributed by atoms with van der Waals surface area (Å²) in [5.41, 5.74) is -0.456. The van der Waals surface area contributed by atoms with Gasteiger partial charge >= 0.3 is 0 Å². The van der Waals surface area contributed by atoms with Crippen LogP contribution in [0, 0.1) is 11.8 Å². The molecule has 3 heterocycles. The number of rotatable bonds is 2. The van der Waals surface area contributed by atoms with Crippen LogP contribution in [0.3, 0.4) is 0 Å². The van der Waals surface area contributed by atoms with E-state index in [1.54, 1.807) is 45.0 Å². The fraction of sp³-hybridized carbons (Fsp3) is 0.375. The zero-order valence-electron chi connectivity index (χ0n) is 18.3. The molecule has 0 unspecified atom stereocenters. The Morgan fingerprint density at radius 2 is 1.76 bits per heavy atom. The smallest absolute Gasteiger partial charge is 0.250 e. The van der Waals surface area contributed by atoms with Gasteiger partial charge in [0.2, 0.25) is 17.7 Å². The van der Waals surface area contributed by atoms with Crippen molar-refractivity contribution in [2.24, 2.45) is 11.8 Å². The Kier molecular flexibility index (Phi) is 4.58. The number of carbonyl (C=O) groups excluding carboxylic acids is 3. The van der Waals surface area contributed by atoms with Gasteiger partial charge in [-0.05, 0) is 63.1 Å². The first-order chi connectivity index (χ1) is 15.4. The number of likely N-dealkylation sites (tertiary alicyclic amines) is 1. The highest BCUT2D eigenvalue weighted by Crippen LogP contribution is 2.54. The number of phenolic OH excluding ortho intramolecular Hbond substituents is 2. The Bertz CT molecular complexity index is 1220. The van der Waals surface area contributed by atoms with E-state index in [1.807, 2.05) is 0 Å². The van der Waals surface area contributed by atoms with Crippen molar-refractivity contribution in [1.82, 2.24) is 10.2 Å². The third kappa shape index (κ3) is 2.97. The Morgan fingerprint density at radius 3 is 2.42 bits per heavy atom. The van der Waals surface area contributed by atoms with Gasteiger partial charge in [-0.25, -0.2) is 0 Å². The van der Waals surface area contributed by atoms with E-state index in [4.69, 9.17) is 11.6 Å². The number of anilines is 1. The number of phenols is 2. The van der Waals surface area contributed by atoms with Crippen LogP contribution in [0.25, 0.3) is 0 Å². The maximum atomic E-state index is 13.7. The summed E-state index contributed by atoms with van der Waals surface area (Å²) in [7, 11) is 0. The van der Waals surface area contributed by atoms with Crippen molar-refractivity contribution in [3.63, 3.8) is 0 Å². The fourth-order valence-electron chi connectivity index (χ4n) is 5.56. The molecule has 0 aliphatic carbocycles. The van der Waals surface area contributed by atoms with E-state index in [1.165, 1.54) is 17.0 Å². The van der Waals surface area contributed by atoms with Crippen molar-refractivity contribution < 1.29 is 24.6 Å². The molecule has 0 aromatic heterocycles. The van der Waals surface area contributed by atoms with E-state index in [0.29, 0.717) is 21.8 Å². The number of carbonyl (C=O) groups is 3. The van der Waals surface area contributed by atoms with E-state index in [9.17, 15) is 24.6 Å². The number of imide groups is 1. The standard InChI is InChI=1S/C24H24ClN3O5/c1-23(2,3)28-20(31)18-15(8-11-4-7-16(29)17(30)9-11)27-24(19(18)21(28)32)13-10-12(25)5-6-14(13)26-22(24)33/h4-7,9-10,15,18-19,27,29-30H,8H2,1-3H3,(H,26,33)/t15-,18+,19+,24-/m0/s1. The molecule has 1 spiro atoms. The second-order valence-electron chi connectivity index (χ2n) is 9.92. The lowest BCUT2D eigenvalue weighted by molar-refractivity contribution is -0.147. The van der Waals surface area contributed by atoms with Gasteiger partial charge in [-0.15, -0.1) is 0 Å². The van der Waals surface area contributed by atoms with Crippen molar-refractivity contribution in [3.8, 4) is 11.5 Å². The van der Waals surface area contributed by atoms with Gasteiger partial charge < -0.3 is 15.5 Å². The van der Waals surface area contributed by atoms with E-state index in [0.717, 1.165) is 0 Å². The third-order valence-corrected chi connectivity index (χ3v) is 7.08. The van der Waals surface area contributed by atoms with Gasteiger partial charge in [-0.3, -0.25) is 24.6 Å². The van der Waals surface area contributed by atoms with Gasteiger partial charge in [0.15, 0.2) is 11.5 Å². The van der Waals surface area contributed by atoms with Crippen molar-refractivity contribution >= 4 is 35.0 Å². The zero-order valence-corrected chi connectivity index (χ0v) is 19.1. The van der Waals surface area contributed by atoms with Crippen LogP contribution in [0.2, 0.25) is 5.02 Å². The first-order valence-electron chi connectivity index (χ1n) is 10.7. The molecule has 0 bridgehead atoms. The molecule has 4 N–H and O–H groups in total. The van der Waals surface area contributed by atoms with Gasteiger partial charge in [0.25, 0.3) is 0 Å². The third-order valence-electron chi connectivity index (χ3n) is 6.84. The summed E-state index contributed by atoms with van der Waals surface area (Å²) in [5, 5.41) is 26.2. The molecule has 0 saturated carbocycles. The summed E-state index contributed by atoms with van der Waals surface area (Å²) in [6.45, 7) is 5.36. The Labute approximate surface area is 195 Å². The van der Waals surface area contributed by atoms with Gasteiger partial charge in [-0.2, -0.15) is 0 Å². The lowest BCUT2D eigenvalue weighted by Crippen LogP contribution is -2.56. The number of hydrogen-bond acceptors (Lipinski definition) is 6. The normalized spacial score (nSPS) is 28.4. The van der Waals surface area contributed by atoms with Crippen molar-refractivity contribution in [2.75, 3.05) is 5.32 Å². The SMILES string of the molecule is CC(C)(C)N1C(=O)[C@@H]2[C@H](Cc3ccc(O)c(O)c3)N[C@]3(C(=O)Nc4ccc(Cl)cc43)[C@H]2C1=O. The van der Waals surface area contributed by atoms with Gasteiger partial charge in [0, 0.05) is 27.9 Å². The number of halogens is 1. The van der Waals surface area contributed by atoms with Crippen LogP contribution >= 0.6 is 11.6 Å². The predicted molar refractivity (Wildman–Crippen MR) is 121 cm³/mol. The van der Waals surface area contributed by atoms with E-state index in [2.05, 4.69) is 10.6 Å². The second-order valence-corrected chi connectivity index (χ2v) is 10.4. The number of aromatic hydroxyl groups is 2. The molecule has 2 aromatic rings. The molecule has 33 heavy (non-hydrogen) atoms. The maximum Gasteiger partial charge on any atom is 0.250 e. The minimum Gasteiger partial charge on any atom is -0.504 e. The molecule has 5 rings (SSSR count). The number of amides is 3. The quantitative estimate of drug-likeness (QED) is 0.396. The second kappa shape index (κ2) is 6.95. The zero-order chi connectivity index (χ0) is 23.9. The molecule has 8 nitrogen and oxygen atoms in total. The monoisotopic (exact) mass is 469 g/mol. The molecule has 9 heteroatoms. The average Bonchev–Trinajstić information content (AvgIpc) is 3.29. The number of hydrogen-bond donors (Lipinski definition) is 4. The minimum atomic E-state index is -1.44. The van der Waals surface area contributed by atoms with Crippen LogP contribution in [-0.4, -0.2) is 44.4 Å². The summed E-state index contributed by atoms with van der Waals surface area (Å²) >= 11 is 6.26. The summed E-state index contributed by atoms with van der Waals surface area (Å²) in [6, 6.07) is 8.86.